The number of hydrogen-bond acceptors (Lipinski definition) is 3. The largest absolute Gasteiger partial charge is 0.493 e. The lowest BCUT2D eigenvalue weighted by Crippen LogP contribution is -2.45. The molecular weight excluding hydrogens is 242 g/mol. The van der Waals surface area contributed by atoms with Crippen LogP contribution in [-0.2, 0) is 17.6 Å². The zero-order valence-corrected chi connectivity index (χ0v) is 11.3. The Labute approximate surface area is 113 Å². The molecule has 0 radical (unpaired) electrons. The van der Waals surface area contributed by atoms with Gasteiger partial charge in [0.05, 0.1) is 6.61 Å². The van der Waals surface area contributed by atoms with E-state index in [1.165, 1.54) is 30.9 Å². The molecule has 0 saturated heterocycles. The van der Waals surface area contributed by atoms with Gasteiger partial charge in [-0.3, -0.25) is 4.79 Å². The Balaban J connectivity index is 1.92. The van der Waals surface area contributed by atoms with Crippen LogP contribution in [0.4, 0.5) is 0 Å². The van der Waals surface area contributed by atoms with Crippen molar-refractivity contribution >= 4 is 5.97 Å². The van der Waals surface area contributed by atoms with Crippen LogP contribution in [0.2, 0.25) is 0 Å². The number of carbonyl (C=O) groups is 1. The molecule has 104 valence electrons. The second-order valence-electron chi connectivity index (χ2n) is 5.46. The van der Waals surface area contributed by atoms with Gasteiger partial charge < -0.3 is 15.6 Å². The van der Waals surface area contributed by atoms with Gasteiger partial charge in [0.25, 0.3) is 0 Å². The Bertz CT molecular complexity index is 468. The van der Waals surface area contributed by atoms with Crippen molar-refractivity contribution in [3.05, 3.63) is 29.3 Å². The Morgan fingerprint density at radius 1 is 1.37 bits per heavy atom. The van der Waals surface area contributed by atoms with Gasteiger partial charge in [0, 0.05) is 6.42 Å². The lowest BCUT2D eigenvalue weighted by molar-refractivity contribution is -0.143. The van der Waals surface area contributed by atoms with Gasteiger partial charge >= 0.3 is 5.97 Å². The molecule has 0 aromatic heterocycles. The number of ether oxygens (including phenoxy) is 1. The number of carboxylic acids is 1. The number of benzene rings is 1. The quantitative estimate of drug-likeness (QED) is 0.853. The molecule has 4 nitrogen and oxygen atoms in total. The highest BCUT2D eigenvalue weighted by molar-refractivity contribution is 5.77. The highest BCUT2D eigenvalue weighted by Crippen LogP contribution is 2.25. The van der Waals surface area contributed by atoms with E-state index < -0.39 is 11.5 Å². The molecule has 0 heterocycles. The highest BCUT2D eigenvalue weighted by atomic mass is 16.5. The van der Waals surface area contributed by atoms with Crippen molar-refractivity contribution in [3.63, 3.8) is 0 Å². The molecule has 0 fully saturated rings. The maximum Gasteiger partial charge on any atom is 0.323 e. The first-order valence-corrected chi connectivity index (χ1v) is 6.76. The van der Waals surface area contributed by atoms with Gasteiger partial charge in [-0.05, 0) is 55.9 Å². The molecule has 1 unspecified atom stereocenters. The molecule has 1 aromatic carbocycles. The number of aryl methyl sites for hydroxylation is 2. The van der Waals surface area contributed by atoms with E-state index in [2.05, 4.69) is 12.1 Å². The maximum absolute atomic E-state index is 10.9. The summed E-state index contributed by atoms with van der Waals surface area (Å²) in [6.45, 7) is 1.82. The molecular formula is C15H21NO3. The van der Waals surface area contributed by atoms with Crippen LogP contribution in [0.5, 0.6) is 5.75 Å². The van der Waals surface area contributed by atoms with Crippen LogP contribution < -0.4 is 10.5 Å². The molecule has 19 heavy (non-hydrogen) atoms. The molecule has 2 rings (SSSR count). The lowest BCUT2D eigenvalue weighted by atomic mass is 9.92. The normalized spacial score (nSPS) is 17.4. The lowest BCUT2D eigenvalue weighted by Gasteiger charge is -2.20. The average Bonchev–Trinajstić information content (AvgIpc) is 2.38. The van der Waals surface area contributed by atoms with Crippen molar-refractivity contribution in [1.82, 2.24) is 0 Å². The second-order valence-corrected chi connectivity index (χ2v) is 5.46. The summed E-state index contributed by atoms with van der Waals surface area (Å²) in [5.74, 6) is -0.191. The minimum Gasteiger partial charge on any atom is -0.493 e. The fourth-order valence-corrected chi connectivity index (χ4v) is 2.29. The third-order valence-electron chi connectivity index (χ3n) is 3.70. The van der Waals surface area contributed by atoms with E-state index >= 15 is 0 Å². The van der Waals surface area contributed by atoms with E-state index in [9.17, 15) is 4.79 Å². The molecule has 0 spiro atoms. The fraction of sp³-hybridized carbons (Fsp3) is 0.533. The summed E-state index contributed by atoms with van der Waals surface area (Å²) in [5.41, 5.74) is 7.20. The molecule has 1 aliphatic rings. The number of nitrogens with two attached hydrogens (primary N) is 1. The Hall–Kier alpha value is -1.55. The molecule has 0 bridgehead atoms. The van der Waals surface area contributed by atoms with Crippen LogP contribution in [0.3, 0.4) is 0 Å². The molecule has 1 aromatic rings. The van der Waals surface area contributed by atoms with Gasteiger partial charge in [-0.25, -0.2) is 0 Å². The number of rotatable bonds is 5. The van der Waals surface area contributed by atoms with E-state index in [0.717, 1.165) is 18.6 Å². The minimum atomic E-state index is -1.23. The highest BCUT2D eigenvalue weighted by Gasteiger charge is 2.27. The van der Waals surface area contributed by atoms with Gasteiger partial charge in [-0.15, -0.1) is 0 Å². The average molecular weight is 263 g/mol. The summed E-state index contributed by atoms with van der Waals surface area (Å²) >= 11 is 0. The SMILES string of the molecule is CC(N)(CCOc1ccc2c(c1)CCCC2)C(=O)O. The first-order valence-electron chi connectivity index (χ1n) is 6.76. The Morgan fingerprint density at radius 2 is 2.05 bits per heavy atom. The minimum absolute atomic E-state index is 0.291. The van der Waals surface area contributed by atoms with Crippen LogP contribution in [0.15, 0.2) is 18.2 Å². The molecule has 1 atom stereocenters. The van der Waals surface area contributed by atoms with E-state index in [4.69, 9.17) is 15.6 Å². The predicted octanol–water partition coefficient (Wildman–Crippen LogP) is 2.14. The van der Waals surface area contributed by atoms with Crippen LogP contribution in [-0.4, -0.2) is 23.2 Å². The zero-order valence-electron chi connectivity index (χ0n) is 11.3. The van der Waals surface area contributed by atoms with Crippen molar-refractivity contribution in [2.75, 3.05) is 6.61 Å². The molecule has 3 N–H and O–H groups in total. The number of hydrogen-bond donors (Lipinski definition) is 2. The van der Waals surface area contributed by atoms with Crippen molar-refractivity contribution in [2.45, 2.75) is 44.6 Å². The number of aliphatic carboxylic acids is 1. The third-order valence-corrected chi connectivity index (χ3v) is 3.70. The van der Waals surface area contributed by atoms with Crippen LogP contribution in [0, 0.1) is 0 Å². The molecule has 0 amide bonds. The van der Waals surface area contributed by atoms with Crippen LogP contribution in [0.25, 0.3) is 0 Å². The van der Waals surface area contributed by atoms with Gasteiger partial charge in [0.1, 0.15) is 11.3 Å². The Kier molecular flexibility index (Phi) is 4.10. The van der Waals surface area contributed by atoms with Gasteiger partial charge in [-0.2, -0.15) is 0 Å². The van der Waals surface area contributed by atoms with Crippen LogP contribution in [0.1, 0.15) is 37.3 Å². The van der Waals surface area contributed by atoms with Crippen LogP contribution >= 0.6 is 0 Å². The van der Waals surface area contributed by atoms with E-state index in [1.54, 1.807) is 0 Å². The summed E-state index contributed by atoms with van der Waals surface area (Å²) in [6.07, 6.45) is 5.04. The summed E-state index contributed by atoms with van der Waals surface area (Å²) in [7, 11) is 0. The third kappa shape index (κ3) is 3.47. The fourth-order valence-electron chi connectivity index (χ4n) is 2.29. The van der Waals surface area contributed by atoms with Crippen molar-refractivity contribution < 1.29 is 14.6 Å². The zero-order chi connectivity index (χ0) is 13.9. The molecule has 0 aliphatic heterocycles. The molecule has 0 saturated carbocycles. The van der Waals surface area contributed by atoms with Crippen molar-refractivity contribution in [2.24, 2.45) is 5.73 Å². The topological polar surface area (TPSA) is 72.5 Å². The monoisotopic (exact) mass is 263 g/mol. The maximum atomic E-state index is 10.9. The van der Waals surface area contributed by atoms with E-state index in [-0.39, 0.29) is 0 Å². The van der Waals surface area contributed by atoms with E-state index in [0.29, 0.717) is 13.0 Å². The first-order chi connectivity index (χ1) is 8.99. The number of carboxylic acid groups (broad SMARTS) is 1. The van der Waals surface area contributed by atoms with Gasteiger partial charge in [0.2, 0.25) is 0 Å². The van der Waals surface area contributed by atoms with Crippen molar-refractivity contribution in [3.8, 4) is 5.75 Å². The standard InChI is InChI=1S/C15H21NO3/c1-15(16,14(17)18)8-9-19-13-7-6-11-4-2-3-5-12(11)10-13/h6-7,10H,2-5,8-9,16H2,1H3,(H,17,18). The Morgan fingerprint density at radius 3 is 2.74 bits per heavy atom. The van der Waals surface area contributed by atoms with Gasteiger partial charge in [0.15, 0.2) is 0 Å². The smallest absolute Gasteiger partial charge is 0.323 e. The first kappa shape index (κ1) is 13.9. The molecule has 4 heteroatoms. The van der Waals surface area contributed by atoms with Gasteiger partial charge in [-0.1, -0.05) is 6.07 Å². The van der Waals surface area contributed by atoms with Crippen molar-refractivity contribution in [1.29, 1.82) is 0 Å². The molecule has 1 aliphatic carbocycles. The second kappa shape index (κ2) is 5.61. The summed E-state index contributed by atoms with van der Waals surface area (Å²) in [5, 5.41) is 8.92. The summed E-state index contributed by atoms with van der Waals surface area (Å²) in [4.78, 5) is 10.9. The summed E-state index contributed by atoms with van der Waals surface area (Å²) < 4.78 is 5.61. The summed E-state index contributed by atoms with van der Waals surface area (Å²) in [6, 6.07) is 6.14. The number of fused-ring (bicyclic) bond motifs is 1. The van der Waals surface area contributed by atoms with E-state index in [1.807, 2.05) is 6.07 Å². The predicted molar refractivity (Wildman–Crippen MR) is 73.4 cm³/mol.